The summed E-state index contributed by atoms with van der Waals surface area (Å²) in [4.78, 5) is 2.44. The van der Waals surface area contributed by atoms with Gasteiger partial charge in [-0.05, 0) is 69.5 Å². The molecule has 0 spiro atoms. The molecule has 0 bridgehead atoms. The second-order valence-corrected chi connectivity index (χ2v) is 5.85. The van der Waals surface area contributed by atoms with Gasteiger partial charge in [0, 0.05) is 19.1 Å². The average molecular weight is 246 g/mol. The number of aryl methyl sites for hydroxylation is 3. The summed E-state index contributed by atoms with van der Waals surface area (Å²) in [6.45, 7) is 10.0. The first kappa shape index (κ1) is 13.6. The maximum atomic E-state index is 3.57. The number of nitrogens with zero attached hydrogens (tertiary/aromatic N) is 1. The molecule has 18 heavy (non-hydrogen) atoms. The van der Waals surface area contributed by atoms with Crippen LogP contribution in [0.25, 0.3) is 0 Å². The van der Waals surface area contributed by atoms with Crippen molar-refractivity contribution in [3.05, 3.63) is 34.4 Å². The van der Waals surface area contributed by atoms with Crippen LogP contribution in [0.1, 0.15) is 35.1 Å². The van der Waals surface area contributed by atoms with E-state index in [4.69, 9.17) is 0 Å². The quantitative estimate of drug-likeness (QED) is 0.879. The van der Waals surface area contributed by atoms with Crippen molar-refractivity contribution in [3.8, 4) is 0 Å². The number of benzene rings is 1. The van der Waals surface area contributed by atoms with Crippen LogP contribution in [0, 0.1) is 20.8 Å². The smallest absolute Gasteiger partial charge is 0.0234 e. The van der Waals surface area contributed by atoms with Gasteiger partial charge in [0.15, 0.2) is 0 Å². The van der Waals surface area contributed by atoms with Crippen molar-refractivity contribution >= 4 is 0 Å². The van der Waals surface area contributed by atoms with Crippen LogP contribution in [0.3, 0.4) is 0 Å². The molecule has 0 radical (unpaired) electrons. The molecule has 100 valence electrons. The molecule has 1 aliphatic rings. The molecule has 2 nitrogen and oxygen atoms in total. The van der Waals surface area contributed by atoms with Gasteiger partial charge < -0.3 is 10.2 Å². The molecule has 1 N–H and O–H groups in total. The molecule has 1 aliphatic heterocycles. The van der Waals surface area contributed by atoms with Crippen molar-refractivity contribution in [1.29, 1.82) is 0 Å². The summed E-state index contributed by atoms with van der Waals surface area (Å²) in [6, 6.07) is 5.36. The SMILES string of the molecule is Cc1cc(C)c(CN(C)CC2CCCN2)cc1C. The number of hydrogen-bond donors (Lipinski definition) is 1. The van der Waals surface area contributed by atoms with Crippen LogP contribution in [-0.2, 0) is 6.54 Å². The second kappa shape index (κ2) is 5.85. The van der Waals surface area contributed by atoms with Gasteiger partial charge in [-0.3, -0.25) is 0 Å². The Morgan fingerprint density at radius 2 is 1.89 bits per heavy atom. The van der Waals surface area contributed by atoms with E-state index < -0.39 is 0 Å². The molecule has 1 saturated heterocycles. The Bertz CT molecular complexity index is 406. The summed E-state index contributed by atoms with van der Waals surface area (Å²) in [5, 5.41) is 3.57. The predicted octanol–water partition coefficient (Wildman–Crippen LogP) is 2.80. The van der Waals surface area contributed by atoms with Gasteiger partial charge in [-0.15, -0.1) is 0 Å². The Morgan fingerprint density at radius 1 is 1.17 bits per heavy atom. The topological polar surface area (TPSA) is 15.3 Å². The molecule has 0 amide bonds. The van der Waals surface area contributed by atoms with Crippen molar-refractivity contribution in [1.82, 2.24) is 10.2 Å². The third-order valence-corrected chi connectivity index (χ3v) is 4.09. The highest BCUT2D eigenvalue weighted by Gasteiger charge is 2.16. The molecule has 1 heterocycles. The fourth-order valence-corrected chi connectivity index (χ4v) is 2.83. The molecule has 1 unspecified atom stereocenters. The zero-order chi connectivity index (χ0) is 13.1. The minimum atomic E-state index is 0.696. The van der Waals surface area contributed by atoms with Crippen molar-refractivity contribution in [2.75, 3.05) is 20.1 Å². The molecule has 2 heteroatoms. The molecule has 2 rings (SSSR count). The average Bonchev–Trinajstić information content (AvgIpc) is 2.78. The summed E-state index contributed by atoms with van der Waals surface area (Å²) in [7, 11) is 2.23. The first-order chi connectivity index (χ1) is 8.56. The molecule has 0 saturated carbocycles. The van der Waals surface area contributed by atoms with E-state index >= 15 is 0 Å². The monoisotopic (exact) mass is 246 g/mol. The molecule has 1 aromatic rings. The van der Waals surface area contributed by atoms with Crippen LogP contribution >= 0.6 is 0 Å². The van der Waals surface area contributed by atoms with Gasteiger partial charge in [0.05, 0.1) is 0 Å². The lowest BCUT2D eigenvalue weighted by molar-refractivity contribution is 0.292. The predicted molar refractivity (Wildman–Crippen MR) is 78.0 cm³/mol. The van der Waals surface area contributed by atoms with E-state index in [-0.39, 0.29) is 0 Å². The molecule has 1 aromatic carbocycles. The van der Waals surface area contributed by atoms with E-state index in [9.17, 15) is 0 Å². The summed E-state index contributed by atoms with van der Waals surface area (Å²) < 4.78 is 0. The van der Waals surface area contributed by atoms with Crippen LogP contribution in [0.2, 0.25) is 0 Å². The molecule has 1 fully saturated rings. The van der Waals surface area contributed by atoms with Gasteiger partial charge in [0.1, 0.15) is 0 Å². The van der Waals surface area contributed by atoms with Crippen molar-refractivity contribution < 1.29 is 0 Å². The maximum absolute atomic E-state index is 3.57. The summed E-state index contributed by atoms with van der Waals surface area (Å²) in [6.07, 6.45) is 2.66. The van der Waals surface area contributed by atoms with E-state index in [1.54, 1.807) is 0 Å². The van der Waals surface area contributed by atoms with E-state index in [1.807, 2.05) is 0 Å². The molecule has 1 atom stereocenters. The zero-order valence-electron chi connectivity index (χ0n) is 12.2. The fourth-order valence-electron chi connectivity index (χ4n) is 2.83. The second-order valence-electron chi connectivity index (χ2n) is 5.85. The van der Waals surface area contributed by atoms with E-state index in [0.29, 0.717) is 6.04 Å². The lowest BCUT2D eigenvalue weighted by Gasteiger charge is -2.22. The van der Waals surface area contributed by atoms with E-state index in [0.717, 1.165) is 13.1 Å². The first-order valence-corrected chi connectivity index (χ1v) is 7.05. The lowest BCUT2D eigenvalue weighted by atomic mass is 10.0. The van der Waals surface area contributed by atoms with Gasteiger partial charge in [-0.2, -0.15) is 0 Å². The van der Waals surface area contributed by atoms with Crippen molar-refractivity contribution in [2.45, 2.75) is 46.2 Å². The summed E-state index contributed by atoms with van der Waals surface area (Å²) in [5.41, 5.74) is 5.70. The maximum Gasteiger partial charge on any atom is 0.0234 e. The molecule has 0 aliphatic carbocycles. The highest BCUT2D eigenvalue weighted by molar-refractivity contribution is 5.36. The fraction of sp³-hybridized carbons (Fsp3) is 0.625. The number of nitrogens with one attached hydrogen (secondary N) is 1. The Balaban J connectivity index is 1.97. The minimum Gasteiger partial charge on any atom is -0.313 e. The largest absolute Gasteiger partial charge is 0.313 e. The van der Waals surface area contributed by atoms with Crippen LogP contribution in [0.5, 0.6) is 0 Å². The number of hydrogen-bond acceptors (Lipinski definition) is 2. The van der Waals surface area contributed by atoms with E-state index in [2.05, 4.69) is 50.2 Å². The van der Waals surface area contributed by atoms with E-state index in [1.165, 1.54) is 41.6 Å². The number of likely N-dealkylation sites (N-methyl/N-ethyl adjacent to an activating group) is 1. The van der Waals surface area contributed by atoms with Crippen LogP contribution in [-0.4, -0.2) is 31.1 Å². The standard InChI is InChI=1S/C16H26N2/c1-12-8-14(3)15(9-13(12)2)10-18(4)11-16-6-5-7-17-16/h8-9,16-17H,5-7,10-11H2,1-4H3. The van der Waals surface area contributed by atoms with Crippen LogP contribution in [0.15, 0.2) is 12.1 Å². The molecular formula is C16H26N2. The van der Waals surface area contributed by atoms with Crippen molar-refractivity contribution in [2.24, 2.45) is 0 Å². The highest BCUT2D eigenvalue weighted by Crippen LogP contribution is 2.17. The summed E-state index contributed by atoms with van der Waals surface area (Å²) >= 11 is 0. The Kier molecular flexibility index (Phi) is 4.41. The lowest BCUT2D eigenvalue weighted by Crippen LogP contribution is -2.35. The molecular weight excluding hydrogens is 220 g/mol. The third kappa shape index (κ3) is 3.33. The number of rotatable bonds is 4. The highest BCUT2D eigenvalue weighted by atomic mass is 15.1. The minimum absolute atomic E-state index is 0.696. The Hall–Kier alpha value is -0.860. The van der Waals surface area contributed by atoms with Crippen LogP contribution < -0.4 is 5.32 Å². The first-order valence-electron chi connectivity index (χ1n) is 7.05. The van der Waals surface area contributed by atoms with Gasteiger partial charge >= 0.3 is 0 Å². The van der Waals surface area contributed by atoms with Crippen molar-refractivity contribution in [3.63, 3.8) is 0 Å². The summed E-state index contributed by atoms with van der Waals surface area (Å²) in [5.74, 6) is 0. The van der Waals surface area contributed by atoms with Gasteiger partial charge in [0.25, 0.3) is 0 Å². The van der Waals surface area contributed by atoms with Gasteiger partial charge in [-0.25, -0.2) is 0 Å². The third-order valence-electron chi connectivity index (χ3n) is 4.09. The van der Waals surface area contributed by atoms with Crippen LogP contribution in [0.4, 0.5) is 0 Å². The Morgan fingerprint density at radius 3 is 2.56 bits per heavy atom. The van der Waals surface area contributed by atoms with Gasteiger partial charge in [0.2, 0.25) is 0 Å². The van der Waals surface area contributed by atoms with Gasteiger partial charge in [-0.1, -0.05) is 12.1 Å². The molecule has 0 aromatic heterocycles. The zero-order valence-corrected chi connectivity index (χ0v) is 12.2. The Labute approximate surface area is 111 Å². The normalized spacial score (nSPS) is 19.7.